The smallest absolute Gasteiger partial charge is 0.271 e. The van der Waals surface area contributed by atoms with Gasteiger partial charge in [-0.3, -0.25) is 14.6 Å². The van der Waals surface area contributed by atoms with Crippen LogP contribution in [-0.4, -0.2) is 45.5 Å². The van der Waals surface area contributed by atoms with E-state index >= 15 is 0 Å². The second kappa shape index (κ2) is 7.41. The molecule has 7 heteroatoms. The van der Waals surface area contributed by atoms with Gasteiger partial charge in [-0.05, 0) is 50.8 Å². The van der Waals surface area contributed by atoms with Crippen LogP contribution in [0.4, 0.5) is 0 Å². The minimum atomic E-state index is -0.101. The third-order valence-corrected chi connectivity index (χ3v) is 4.33. The number of hydrogen-bond acceptors (Lipinski definition) is 4. The van der Waals surface area contributed by atoms with E-state index in [9.17, 15) is 4.79 Å². The molecule has 1 fully saturated rings. The van der Waals surface area contributed by atoms with Crippen molar-refractivity contribution in [3.05, 3.63) is 35.4 Å². The Kier molecular flexibility index (Phi) is 5.07. The zero-order valence-electron chi connectivity index (χ0n) is 13.5. The summed E-state index contributed by atoms with van der Waals surface area (Å²) >= 11 is 0. The first kappa shape index (κ1) is 15.7. The van der Waals surface area contributed by atoms with Crippen molar-refractivity contribution in [2.75, 3.05) is 19.6 Å². The zero-order chi connectivity index (χ0) is 16.1. The molecule has 0 aliphatic carbocycles. The molecule has 3 N–H and O–H groups in total. The molecule has 2 aromatic rings. The summed E-state index contributed by atoms with van der Waals surface area (Å²) in [7, 11) is 0. The van der Waals surface area contributed by atoms with Gasteiger partial charge in [0.25, 0.3) is 5.91 Å². The number of H-pyrrole nitrogens is 1. The normalized spacial score (nSPS) is 18.0. The molecule has 0 saturated carbocycles. The maximum atomic E-state index is 12.1. The number of nitrogens with zero attached hydrogens (tertiary/aromatic N) is 3. The molecule has 1 amide bonds. The van der Waals surface area contributed by atoms with E-state index in [1.54, 1.807) is 6.07 Å². The van der Waals surface area contributed by atoms with Crippen molar-refractivity contribution in [3.63, 3.8) is 0 Å². The van der Waals surface area contributed by atoms with Gasteiger partial charge in [0, 0.05) is 25.0 Å². The molecule has 7 nitrogen and oxygen atoms in total. The summed E-state index contributed by atoms with van der Waals surface area (Å²) in [4.78, 5) is 12.1. The van der Waals surface area contributed by atoms with Crippen LogP contribution in [-0.2, 0) is 6.42 Å². The molecule has 1 aliphatic rings. The van der Waals surface area contributed by atoms with Crippen molar-refractivity contribution in [3.8, 4) is 0 Å². The number of carbonyl (C=O) groups excluding carboxylic acids is 1. The molecular weight excluding hydrogens is 292 g/mol. The van der Waals surface area contributed by atoms with Crippen molar-refractivity contribution in [2.24, 2.45) is 0 Å². The Morgan fingerprint density at radius 3 is 3.17 bits per heavy atom. The molecule has 23 heavy (non-hydrogen) atoms. The standard InChI is InChI=1S/C16H24N6O/c1-12-13(10-19-20-12)4-2-8-18-16(23)15-6-9-22(21-15)14-5-3-7-17-11-14/h6,9-10,14,17H,2-5,7-8,11H2,1H3,(H,18,23)(H,19,20)/t14-/m1/s1. The second-order valence-electron chi connectivity index (χ2n) is 6.06. The van der Waals surface area contributed by atoms with Crippen molar-refractivity contribution in [1.29, 1.82) is 0 Å². The molecule has 1 saturated heterocycles. The fraction of sp³-hybridized carbons (Fsp3) is 0.562. The van der Waals surface area contributed by atoms with Crippen LogP contribution >= 0.6 is 0 Å². The first-order chi connectivity index (χ1) is 11.2. The van der Waals surface area contributed by atoms with Gasteiger partial charge in [0.15, 0.2) is 0 Å². The van der Waals surface area contributed by atoms with Crippen molar-refractivity contribution >= 4 is 5.91 Å². The van der Waals surface area contributed by atoms with Crippen LogP contribution in [0.3, 0.4) is 0 Å². The van der Waals surface area contributed by atoms with E-state index < -0.39 is 0 Å². The predicted molar refractivity (Wildman–Crippen MR) is 87.3 cm³/mol. The van der Waals surface area contributed by atoms with E-state index in [-0.39, 0.29) is 5.91 Å². The Labute approximate surface area is 135 Å². The molecule has 124 valence electrons. The van der Waals surface area contributed by atoms with Gasteiger partial charge in [0.1, 0.15) is 5.69 Å². The van der Waals surface area contributed by atoms with Crippen LogP contribution in [0.25, 0.3) is 0 Å². The van der Waals surface area contributed by atoms with E-state index in [1.165, 1.54) is 5.56 Å². The van der Waals surface area contributed by atoms with Crippen LogP contribution in [0.5, 0.6) is 0 Å². The summed E-state index contributed by atoms with van der Waals surface area (Å²) < 4.78 is 1.91. The van der Waals surface area contributed by atoms with Crippen LogP contribution in [0.2, 0.25) is 0 Å². The van der Waals surface area contributed by atoms with Crippen molar-refractivity contribution in [2.45, 2.75) is 38.6 Å². The van der Waals surface area contributed by atoms with Crippen LogP contribution in [0.1, 0.15) is 47.1 Å². The predicted octanol–water partition coefficient (Wildman–Crippen LogP) is 1.20. The zero-order valence-corrected chi connectivity index (χ0v) is 13.5. The van der Waals surface area contributed by atoms with Crippen molar-refractivity contribution in [1.82, 2.24) is 30.6 Å². The van der Waals surface area contributed by atoms with Gasteiger partial charge in [-0.15, -0.1) is 0 Å². The van der Waals surface area contributed by atoms with Crippen LogP contribution in [0.15, 0.2) is 18.5 Å². The monoisotopic (exact) mass is 316 g/mol. The number of piperidine rings is 1. The summed E-state index contributed by atoms with van der Waals surface area (Å²) in [5.74, 6) is -0.101. The molecule has 3 heterocycles. The molecule has 0 spiro atoms. The van der Waals surface area contributed by atoms with E-state index in [0.29, 0.717) is 18.3 Å². The number of aromatic nitrogens is 4. The number of nitrogens with one attached hydrogen (secondary N) is 3. The third kappa shape index (κ3) is 3.98. The molecule has 0 bridgehead atoms. The molecule has 3 rings (SSSR count). The largest absolute Gasteiger partial charge is 0.351 e. The van der Waals surface area contributed by atoms with Gasteiger partial charge in [-0.25, -0.2) is 0 Å². The summed E-state index contributed by atoms with van der Waals surface area (Å²) in [6.45, 7) is 4.64. The first-order valence-electron chi connectivity index (χ1n) is 8.27. The van der Waals surface area contributed by atoms with Crippen LogP contribution in [0, 0.1) is 6.92 Å². The van der Waals surface area contributed by atoms with Gasteiger partial charge in [0.2, 0.25) is 0 Å². The van der Waals surface area contributed by atoms with E-state index in [1.807, 2.05) is 24.0 Å². The van der Waals surface area contributed by atoms with Gasteiger partial charge >= 0.3 is 0 Å². The molecule has 0 radical (unpaired) electrons. The quantitative estimate of drug-likeness (QED) is 0.699. The molecule has 1 atom stereocenters. The minimum absolute atomic E-state index is 0.101. The average Bonchev–Trinajstić information content (AvgIpc) is 3.22. The summed E-state index contributed by atoms with van der Waals surface area (Å²) in [6.07, 6.45) is 7.81. The van der Waals surface area contributed by atoms with Gasteiger partial charge < -0.3 is 10.6 Å². The highest BCUT2D eigenvalue weighted by Gasteiger charge is 2.17. The SMILES string of the molecule is Cc1[nH]ncc1CCCNC(=O)c1ccn([C@@H]2CCCNC2)n1. The summed E-state index contributed by atoms with van der Waals surface area (Å²) in [5, 5.41) is 17.6. The number of rotatable bonds is 6. The number of hydrogen-bond donors (Lipinski definition) is 3. The number of amides is 1. The summed E-state index contributed by atoms with van der Waals surface area (Å²) in [6, 6.07) is 2.15. The van der Waals surface area contributed by atoms with Crippen molar-refractivity contribution < 1.29 is 4.79 Å². The van der Waals surface area contributed by atoms with Gasteiger partial charge in [-0.1, -0.05) is 0 Å². The van der Waals surface area contributed by atoms with Gasteiger partial charge in [-0.2, -0.15) is 10.2 Å². The Hall–Kier alpha value is -2.15. The highest BCUT2D eigenvalue weighted by Crippen LogP contribution is 2.15. The number of aryl methyl sites for hydroxylation is 2. The fourth-order valence-electron chi connectivity index (χ4n) is 2.92. The van der Waals surface area contributed by atoms with E-state index in [0.717, 1.165) is 44.5 Å². The summed E-state index contributed by atoms with van der Waals surface area (Å²) in [5.41, 5.74) is 2.79. The Bertz CT molecular complexity index is 641. The number of carbonyl (C=O) groups is 1. The van der Waals surface area contributed by atoms with E-state index in [4.69, 9.17) is 0 Å². The van der Waals surface area contributed by atoms with Crippen LogP contribution < -0.4 is 10.6 Å². The highest BCUT2D eigenvalue weighted by atomic mass is 16.1. The molecule has 2 aromatic heterocycles. The van der Waals surface area contributed by atoms with Gasteiger partial charge in [0.05, 0.1) is 12.2 Å². The Morgan fingerprint density at radius 2 is 2.43 bits per heavy atom. The average molecular weight is 316 g/mol. The number of aromatic amines is 1. The topological polar surface area (TPSA) is 87.6 Å². The lowest BCUT2D eigenvalue weighted by Gasteiger charge is -2.22. The third-order valence-electron chi connectivity index (χ3n) is 4.33. The van der Waals surface area contributed by atoms with E-state index in [2.05, 4.69) is 25.9 Å². The lowest BCUT2D eigenvalue weighted by molar-refractivity contribution is 0.0947. The molecule has 0 unspecified atom stereocenters. The maximum absolute atomic E-state index is 12.1. The lowest BCUT2D eigenvalue weighted by Crippen LogP contribution is -2.32. The second-order valence-corrected chi connectivity index (χ2v) is 6.06. The highest BCUT2D eigenvalue weighted by molar-refractivity contribution is 5.92. The Morgan fingerprint density at radius 1 is 1.52 bits per heavy atom. The molecular formula is C16H24N6O. The maximum Gasteiger partial charge on any atom is 0.271 e. The Balaban J connectivity index is 1.45. The first-order valence-corrected chi connectivity index (χ1v) is 8.27. The lowest BCUT2D eigenvalue weighted by atomic mass is 10.1. The minimum Gasteiger partial charge on any atom is -0.351 e. The molecule has 0 aromatic carbocycles. The molecule has 1 aliphatic heterocycles. The fourth-order valence-corrected chi connectivity index (χ4v) is 2.92.